The first kappa shape index (κ1) is 35.5. The van der Waals surface area contributed by atoms with Gasteiger partial charge in [0.25, 0.3) is 0 Å². The topological polar surface area (TPSA) is 48.5 Å². The fourth-order valence-electron chi connectivity index (χ4n) is 9.12. The van der Waals surface area contributed by atoms with Crippen molar-refractivity contribution in [2.45, 2.75) is 0 Å². The van der Waals surface area contributed by atoms with Crippen LogP contribution < -0.4 is 0 Å². The van der Waals surface area contributed by atoms with E-state index in [2.05, 4.69) is 215 Å². The third kappa shape index (κ3) is 5.98. The average molecular weight is 792 g/mol. The van der Waals surface area contributed by atoms with Crippen molar-refractivity contribution in [3.05, 3.63) is 224 Å². The molecule has 0 saturated carbocycles. The van der Waals surface area contributed by atoms with Crippen LogP contribution in [0.2, 0.25) is 0 Å². The number of aromatic nitrogens is 5. The van der Waals surface area contributed by atoms with E-state index in [4.69, 9.17) is 15.0 Å². The molecule has 0 aliphatic rings. The van der Waals surface area contributed by atoms with Crippen molar-refractivity contribution in [1.82, 2.24) is 24.1 Å². The van der Waals surface area contributed by atoms with Gasteiger partial charge in [-0.25, -0.2) is 15.0 Å². The van der Waals surface area contributed by atoms with Crippen LogP contribution in [0.15, 0.2) is 224 Å². The van der Waals surface area contributed by atoms with Gasteiger partial charge in [0.05, 0.1) is 27.8 Å². The van der Waals surface area contributed by atoms with E-state index in [1.807, 2.05) is 18.2 Å². The summed E-state index contributed by atoms with van der Waals surface area (Å²) in [5.41, 5.74) is 13.9. The quantitative estimate of drug-likeness (QED) is 0.162. The van der Waals surface area contributed by atoms with Crippen molar-refractivity contribution in [3.8, 4) is 67.8 Å². The minimum Gasteiger partial charge on any atom is -0.309 e. The lowest BCUT2D eigenvalue weighted by Crippen LogP contribution is -2.02. The average Bonchev–Trinajstić information content (AvgIpc) is 3.87. The molecule has 0 bridgehead atoms. The first-order chi connectivity index (χ1) is 30.7. The summed E-state index contributed by atoms with van der Waals surface area (Å²) in [6.07, 6.45) is 0. The van der Waals surface area contributed by atoms with E-state index in [0.29, 0.717) is 17.5 Å². The SMILES string of the molecule is c1ccc(-c2cccc(-c3cc(-c4nc(-c5ccccc5)nc(-c5cccc(-n6c7ccccc7c7ccccc76)c5)n4)ccc3-n3c4ccccc4c4ccccc43)c2)cc1. The van der Waals surface area contributed by atoms with Crippen molar-refractivity contribution in [2.24, 2.45) is 0 Å². The Morgan fingerprint density at radius 3 is 1.26 bits per heavy atom. The molecule has 0 atom stereocenters. The van der Waals surface area contributed by atoms with Crippen LogP contribution in [0.5, 0.6) is 0 Å². The normalized spacial score (nSPS) is 11.5. The molecule has 0 unspecified atom stereocenters. The zero-order valence-electron chi connectivity index (χ0n) is 33.6. The maximum atomic E-state index is 5.30. The summed E-state index contributed by atoms with van der Waals surface area (Å²) in [5, 5.41) is 4.87. The Balaban J connectivity index is 1.07. The highest BCUT2D eigenvalue weighted by molar-refractivity contribution is 6.10. The zero-order valence-corrected chi connectivity index (χ0v) is 33.6. The smallest absolute Gasteiger partial charge is 0.164 e. The summed E-state index contributed by atoms with van der Waals surface area (Å²) < 4.78 is 4.73. The fourth-order valence-corrected chi connectivity index (χ4v) is 9.12. The number of fused-ring (bicyclic) bond motifs is 6. The number of rotatable bonds is 7. The third-order valence-electron chi connectivity index (χ3n) is 12.0. The predicted octanol–water partition coefficient (Wildman–Crippen LogP) is 14.4. The summed E-state index contributed by atoms with van der Waals surface area (Å²) in [6, 6.07) is 79.3. The Bertz CT molecular complexity index is 3530. The van der Waals surface area contributed by atoms with Crippen LogP contribution in [0.25, 0.3) is 111 Å². The molecule has 5 heteroatoms. The summed E-state index contributed by atoms with van der Waals surface area (Å²) >= 11 is 0. The molecule has 0 aliphatic heterocycles. The van der Waals surface area contributed by atoms with Gasteiger partial charge in [-0.3, -0.25) is 0 Å². The summed E-state index contributed by atoms with van der Waals surface area (Å²) in [7, 11) is 0. The van der Waals surface area contributed by atoms with Crippen LogP contribution in [0.3, 0.4) is 0 Å². The van der Waals surface area contributed by atoms with Crippen molar-refractivity contribution < 1.29 is 0 Å². The molecule has 5 nitrogen and oxygen atoms in total. The molecule has 0 saturated heterocycles. The lowest BCUT2D eigenvalue weighted by Gasteiger charge is -2.17. The Kier molecular flexibility index (Phi) is 8.42. The monoisotopic (exact) mass is 791 g/mol. The number of para-hydroxylation sites is 4. The lowest BCUT2D eigenvalue weighted by molar-refractivity contribution is 1.07. The molecular formula is C57H37N5. The highest BCUT2D eigenvalue weighted by Gasteiger charge is 2.20. The number of hydrogen-bond donors (Lipinski definition) is 0. The van der Waals surface area contributed by atoms with Gasteiger partial charge in [-0.1, -0.05) is 164 Å². The lowest BCUT2D eigenvalue weighted by atomic mass is 9.96. The second-order valence-electron chi connectivity index (χ2n) is 15.6. The van der Waals surface area contributed by atoms with E-state index in [9.17, 15) is 0 Å². The van der Waals surface area contributed by atoms with Crippen molar-refractivity contribution in [1.29, 1.82) is 0 Å². The molecule has 0 amide bonds. The molecule has 9 aromatic carbocycles. The largest absolute Gasteiger partial charge is 0.309 e. The van der Waals surface area contributed by atoms with E-state index in [-0.39, 0.29) is 0 Å². The van der Waals surface area contributed by atoms with Gasteiger partial charge in [0.15, 0.2) is 17.5 Å². The van der Waals surface area contributed by atoms with Gasteiger partial charge in [0, 0.05) is 49.5 Å². The fraction of sp³-hybridized carbons (Fsp3) is 0. The van der Waals surface area contributed by atoms with E-state index in [0.717, 1.165) is 66.8 Å². The molecule has 3 aromatic heterocycles. The molecule has 0 radical (unpaired) electrons. The molecule has 0 N–H and O–H groups in total. The number of hydrogen-bond acceptors (Lipinski definition) is 3. The van der Waals surface area contributed by atoms with Crippen LogP contribution in [0, 0.1) is 0 Å². The van der Waals surface area contributed by atoms with E-state index in [1.54, 1.807) is 0 Å². The van der Waals surface area contributed by atoms with Gasteiger partial charge in [-0.15, -0.1) is 0 Å². The molecule has 12 aromatic rings. The highest BCUT2D eigenvalue weighted by Crippen LogP contribution is 2.40. The van der Waals surface area contributed by atoms with Gasteiger partial charge >= 0.3 is 0 Å². The third-order valence-corrected chi connectivity index (χ3v) is 12.0. The van der Waals surface area contributed by atoms with Gasteiger partial charge < -0.3 is 9.13 Å². The molecule has 290 valence electrons. The van der Waals surface area contributed by atoms with Crippen LogP contribution >= 0.6 is 0 Å². The molecule has 12 rings (SSSR count). The predicted molar refractivity (Wildman–Crippen MR) is 256 cm³/mol. The molecule has 0 aliphatic carbocycles. The summed E-state index contributed by atoms with van der Waals surface area (Å²) in [4.78, 5) is 15.7. The van der Waals surface area contributed by atoms with Crippen LogP contribution in [-0.4, -0.2) is 24.1 Å². The van der Waals surface area contributed by atoms with Gasteiger partial charge in [-0.05, 0) is 77.4 Å². The summed E-state index contributed by atoms with van der Waals surface area (Å²) in [5.74, 6) is 1.83. The first-order valence-electron chi connectivity index (χ1n) is 20.9. The maximum absolute atomic E-state index is 5.30. The first-order valence-corrected chi connectivity index (χ1v) is 20.9. The standard InChI is InChI=1S/C57H37N5/c1-3-17-38(18-4-1)40-21-15-22-41(35-40)49-37-43(33-34-54(49)62-52-31-13-9-27-47(52)48-28-10-14-32-53(48)62)57-59-55(39-19-5-2-6-20-39)58-56(60-57)42-23-16-24-44(36-42)61-50-29-11-7-25-45(50)46-26-8-12-30-51(46)61/h1-37H. The van der Waals surface area contributed by atoms with Crippen molar-refractivity contribution in [3.63, 3.8) is 0 Å². The van der Waals surface area contributed by atoms with Gasteiger partial charge in [0.1, 0.15) is 0 Å². The Morgan fingerprint density at radius 1 is 0.258 bits per heavy atom. The highest BCUT2D eigenvalue weighted by atomic mass is 15.0. The number of nitrogens with zero attached hydrogens (tertiary/aromatic N) is 5. The minimum absolute atomic E-state index is 0.602. The van der Waals surface area contributed by atoms with Crippen LogP contribution in [0.1, 0.15) is 0 Å². The Hall–Kier alpha value is -8.41. The maximum Gasteiger partial charge on any atom is 0.164 e. The van der Waals surface area contributed by atoms with Crippen LogP contribution in [-0.2, 0) is 0 Å². The molecule has 3 heterocycles. The van der Waals surface area contributed by atoms with Gasteiger partial charge in [0.2, 0.25) is 0 Å². The Morgan fingerprint density at radius 2 is 0.677 bits per heavy atom. The molecular weight excluding hydrogens is 755 g/mol. The molecule has 0 spiro atoms. The van der Waals surface area contributed by atoms with Crippen molar-refractivity contribution in [2.75, 3.05) is 0 Å². The zero-order chi connectivity index (χ0) is 41.0. The van der Waals surface area contributed by atoms with Crippen LogP contribution in [0.4, 0.5) is 0 Å². The number of benzene rings is 9. The van der Waals surface area contributed by atoms with E-state index in [1.165, 1.54) is 27.1 Å². The van der Waals surface area contributed by atoms with E-state index >= 15 is 0 Å². The minimum atomic E-state index is 0.602. The Labute approximate surface area is 358 Å². The second-order valence-corrected chi connectivity index (χ2v) is 15.6. The van der Waals surface area contributed by atoms with Gasteiger partial charge in [-0.2, -0.15) is 0 Å². The van der Waals surface area contributed by atoms with Crippen molar-refractivity contribution >= 4 is 43.6 Å². The molecule has 0 fully saturated rings. The van der Waals surface area contributed by atoms with E-state index < -0.39 is 0 Å². The second kappa shape index (κ2) is 14.7. The summed E-state index contributed by atoms with van der Waals surface area (Å²) in [6.45, 7) is 0. The molecule has 62 heavy (non-hydrogen) atoms.